The van der Waals surface area contributed by atoms with Gasteiger partial charge in [-0.05, 0) is 38.1 Å². The number of ether oxygens (including phenoxy) is 1. The predicted molar refractivity (Wildman–Crippen MR) is 107 cm³/mol. The molecule has 0 aliphatic carbocycles. The zero-order chi connectivity index (χ0) is 23.5. The van der Waals surface area contributed by atoms with Crippen molar-refractivity contribution in [2.75, 3.05) is 13.2 Å². The summed E-state index contributed by atoms with van der Waals surface area (Å²) < 4.78 is 57.2. The van der Waals surface area contributed by atoms with E-state index in [2.05, 4.69) is 15.2 Å². The molecule has 1 atom stereocenters. The predicted octanol–water partition coefficient (Wildman–Crippen LogP) is 4.40. The third-order valence-corrected chi connectivity index (χ3v) is 4.79. The van der Waals surface area contributed by atoms with Crippen molar-refractivity contribution in [1.82, 2.24) is 24.9 Å². The SMILES string of the molecule is CCN(C(=O)c1ccc(Cl)cc1-n1nccn1)C(C)COc1ncc(C(F)(F)F)cc1F. The lowest BCUT2D eigenvalue weighted by Crippen LogP contribution is -2.42. The van der Waals surface area contributed by atoms with Gasteiger partial charge < -0.3 is 9.64 Å². The molecule has 3 rings (SSSR count). The molecule has 170 valence electrons. The highest BCUT2D eigenvalue weighted by Crippen LogP contribution is 2.30. The van der Waals surface area contributed by atoms with Gasteiger partial charge in [-0.2, -0.15) is 28.2 Å². The Hall–Kier alpha value is -3.21. The summed E-state index contributed by atoms with van der Waals surface area (Å²) in [6.07, 6.45) is -1.32. The van der Waals surface area contributed by atoms with Crippen LogP contribution in [0.5, 0.6) is 5.88 Å². The minimum atomic E-state index is -4.72. The Balaban J connectivity index is 1.77. The number of carbonyl (C=O) groups is 1. The van der Waals surface area contributed by atoms with Gasteiger partial charge in [0.15, 0.2) is 5.82 Å². The molecule has 1 unspecified atom stereocenters. The molecule has 32 heavy (non-hydrogen) atoms. The zero-order valence-electron chi connectivity index (χ0n) is 17.0. The fourth-order valence-electron chi connectivity index (χ4n) is 2.98. The second-order valence-corrected chi connectivity index (χ2v) is 7.18. The van der Waals surface area contributed by atoms with Crippen molar-refractivity contribution in [1.29, 1.82) is 0 Å². The first-order valence-electron chi connectivity index (χ1n) is 9.44. The first-order chi connectivity index (χ1) is 15.1. The quantitative estimate of drug-likeness (QED) is 0.477. The van der Waals surface area contributed by atoms with E-state index in [-0.39, 0.29) is 24.6 Å². The monoisotopic (exact) mass is 471 g/mol. The Bertz CT molecular complexity index is 1090. The number of hydrogen-bond donors (Lipinski definition) is 0. The Morgan fingerprint density at radius 3 is 2.53 bits per heavy atom. The molecule has 2 heterocycles. The maximum absolute atomic E-state index is 14.0. The number of rotatable bonds is 7. The molecule has 3 aromatic rings. The fraction of sp³-hybridized carbons (Fsp3) is 0.300. The zero-order valence-corrected chi connectivity index (χ0v) is 17.7. The molecule has 1 aromatic carbocycles. The summed E-state index contributed by atoms with van der Waals surface area (Å²) >= 11 is 6.06. The minimum absolute atomic E-state index is 0.197. The first kappa shape index (κ1) is 23.5. The molecule has 0 bridgehead atoms. The van der Waals surface area contributed by atoms with Crippen LogP contribution >= 0.6 is 11.6 Å². The molecule has 7 nitrogen and oxygen atoms in total. The van der Waals surface area contributed by atoms with Crippen molar-refractivity contribution in [2.24, 2.45) is 0 Å². The van der Waals surface area contributed by atoms with Crippen molar-refractivity contribution >= 4 is 17.5 Å². The summed E-state index contributed by atoms with van der Waals surface area (Å²) in [7, 11) is 0. The molecular formula is C20H18ClF4N5O2. The van der Waals surface area contributed by atoms with Crippen molar-refractivity contribution < 1.29 is 27.1 Å². The second kappa shape index (κ2) is 9.51. The van der Waals surface area contributed by atoms with Crippen LogP contribution in [0.15, 0.2) is 42.9 Å². The third-order valence-electron chi connectivity index (χ3n) is 4.55. The second-order valence-electron chi connectivity index (χ2n) is 6.74. The molecule has 0 aliphatic rings. The van der Waals surface area contributed by atoms with Crippen LogP contribution in [0.4, 0.5) is 17.6 Å². The molecule has 0 saturated carbocycles. The molecule has 0 saturated heterocycles. The van der Waals surface area contributed by atoms with Crippen LogP contribution in [0.3, 0.4) is 0 Å². The van der Waals surface area contributed by atoms with Crippen LogP contribution in [0, 0.1) is 5.82 Å². The van der Waals surface area contributed by atoms with Gasteiger partial charge in [-0.25, -0.2) is 9.37 Å². The Labute approximate surface area is 185 Å². The summed E-state index contributed by atoms with van der Waals surface area (Å²) in [5.41, 5.74) is -0.573. The highest BCUT2D eigenvalue weighted by molar-refractivity contribution is 6.31. The summed E-state index contributed by atoms with van der Waals surface area (Å²) in [5.74, 6) is -2.21. The first-order valence-corrected chi connectivity index (χ1v) is 9.82. The van der Waals surface area contributed by atoms with Crippen molar-refractivity contribution in [3.05, 3.63) is 64.8 Å². The topological polar surface area (TPSA) is 73.1 Å². The van der Waals surface area contributed by atoms with E-state index in [0.29, 0.717) is 23.0 Å². The number of halogens is 5. The number of hydrogen-bond acceptors (Lipinski definition) is 5. The van der Waals surface area contributed by atoms with E-state index in [1.807, 2.05) is 0 Å². The van der Waals surface area contributed by atoms with Crippen molar-refractivity contribution in [3.8, 4) is 11.6 Å². The van der Waals surface area contributed by atoms with Gasteiger partial charge in [-0.15, -0.1) is 0 Å². The number of nitrogens with zero attached hydrogens (tertiary/aromatic N) is 5. The smallest absolute Gasteiger partial charge is 0.417 e. The Morgan fingerprint density at radius 2 is 1.94 bits per heavy atom. The fourth-order valence-corrected chi connectivity index (χ4v) is 3.14. The largest absolute Gasteiger partial charge is 0.473 e. The van der Waals surface area contributed by atoms with Gasteiger partial charge in [-0.1, -0.05) is 11.6 Å². The molecule has 0 fully saturated rings. The Kier molecular flexibility index (Phi) is 6.97. The molecular weight excluding hydrogens is 454 g/mol. The van der Waals surface area contributed by atoms with Gasteiger partial charge in [0.1, 0.15) is 6.61 Å². The van der Waals surface area contributed by atoms with Crippen LogP contribution in [-0.4, -0.2) is 50.0 Å². The summed E-state index contributed by atoms with van der Waals surface area (Å²) in [6, 6.07) is 4.39. The molecule has 0 radical (unpaired) electrons. The van der Waals surface area contributed by atoms with E-state index in [1.165, 1.54) is 28.2 Å². The maximum Gasteiger partial charge on any atom is 0.417 e. The number of carbonyl (C=O) groups excluding carboxylic acids is 1. The van der Waals surface area contributed by atoms with Gasteiger partial charge in [0.2, 0.25) is 5.88 Å². The van der Waals surface area contributed by atoms with E-state index in [9.17, 15) is 22.4 Å². The molecule has 12 heteroatoms. The number of likely N-dealkylation sites (N-methyl/N-ethyl adjacent to an activating group) is 1. The lowest BCUT2D eigenvalue weighted by atomic mass is 10.1. The van der Waals surface area contributed by atoms with Crippen molar-refractivity contribution in [3.63, 3.8) is 0 Å². The molecule has 1 amide bonds. The van der Waals surface area contributed by atoms with Gasteiger partial charge >= 0.3 is 6.18 Å². The summed E-state index contributed by atoms with van der Waals surface area (Å²) in [5, 5.41) is 8.45. The van der Waals surface area contributed by atoms with Crippen LogP contribution < -0.4 is 4.74 Å². The number of alkyl halides is 3. The Morgan fingerprint density at radius 1 is 1.25 bits per heavy atom. The van der Waals surface area contributed by atoms with Crippen LogP contribution in [0.2, 0.25) is 5.02 Å². The number of benzene rings is 1. The van der Waals surface area contributed by atoms with Crippen LogP contribution in [0.1, 0.15) is 29.8 Å². The van der Waals surface area contributed by atoms with Crippen LogP contribution in [0.25, 0.3) is 5.69 Å². The summed E-state index contributed by atoms with van der Waals surface area (Å²) in [4.78, 5) is 19.3. The van der Waals surface area contributed by atoms with Gasteiger partial charge in [-0.3, -0.25) is 4.79 Å². The average Bonchev–Trinajstić information content (AvgIpc) is 3.27. The highest BCUT2D eigenvalue weighted by atomic mass is 35.5. The lowest BCUT2D eigenvalue weighted by Gasteiger charge is -2.28. The van der Waals surface area contributed by atoms with E-state index in [0.717, 1.165) is 0 Å². The summed E-state index contributed by atoms with van der Waals surface area (Å²) in [6.45, 7) is 3.48. The third kappa shape index (κ3) is 5.16. The molecule has 0 N–H and O–H groups in total. The average molecular weight is 472 g/mol. The standard InChI is InChI=1S/C20H18ClF4N5O2/c1-3-29(12(2)11-32-18-16(22)8-13(10-26-18)20(23,24)25)19(31)15-5-4-14(21)9-17(15)30-27-6-7-28-30/h4-10,12H,3,11H2,1-2H3. The molecule has 0 spiro atoms. The van der Waals surface area contributed by atoms with E-state index >= 15 is 0 Å². The normalized spacial score (nSPS) is 12.5. The van der Waals surface area contributed by atoms with E-state index < -0.39 is 29.5 Å². The molecule has 2 aromatic heterocycles. The van der Waals surface area contributed by atoms with E-state index in [4.69, 9.17) is 16.3 Å². The maximum atomic E-state index is 14.0. The van der Waals surface area contributed by atoms with Crippen molar-refractivity contribution in [2.45, 2.75) is 26.1 Å². The van der Waals surface area contributed by atoms with Gasteiger partial charge in [0, 0.05) is 17.8 Å². The number of pyridine rings is 1. The highest BCUT2D eigenvalue weighted by Gasteiger charge is 2.32. The van der Waals surface area contributed by atoms with Crippen LogP contribution in [-0.2, 0) is 6.18 Å². The van der Waals surface area contributed by atoms with Gasteiger partial charge in [0.25, 0.3) is 5.91 Å². The number of amides is 1. The van der Waals surface area contributed by atoms with E-state index in [1.54, 1.807) is 26.0 Å². The minimum Gasteiger partial charge on any atom is -0.473 e. The van der Waals surface area contributed by atoms with Gasteiger partial charge in [0.05, 0.1) is 35.2 Å². The number of aromatic nitrogens is 4. The lowest BCUT2D eigenvalue weighted by molar-refractivity contribution is -0.138. The molecule has 0 aliphatic heterocycles.